The van der Waals surface area contributed by atoms with E-state index in [1.807, 2.05) is 0 Å². The van der Waals surface area contributed by atoms with Crippen molar-refractivity contribution in [2.75, 3.05) is 6.54 Å². The molecule has 1 N–H and O–H groups in total. The molecule has 2 aromatic carbocycles. The van der Waals surface area contributed by atoms with Crippen LogP contribution in [0.3, 0.4) is 0 Å². The van der Waals surface area contributed by atoms with E-state index in [9.17, 15) is 0 Å². The van der Waals surface area contributed by atoms with Gasteiger partial charge in [-0.2, -0.15) is 0 Å². The second kappa shape index (κ2) is 6.88. The summed E-state index contributed by atoms with van der Waals surface area (Å²) >= 11 is 3.50. The molecule has 2 heteroatoms. The summed E-state index contributed by atoms with van der Waals surface area (Å²) < 4.78 is 1.12. The number of benzene rings is 2. The molecule has 0 spiro atoms. The van der Waals surface area contributed by atoms with Crippen molar-refractivity contribution >= 4 is 15.9 Å². The molecule has 0 aromatic heterocycles. The van der Waals surface area contributed by atoms with Gasteiger partial charge in [-0.05, 0) is 29.8 Å². The molecule has 0 radical (unpaired) electrons. The van der Waals surface area contributed by atoms with Crippen LogP contribution in [0.15, 0.2) is 59.1 Å². The average Bonchev–Trinajstić information content (AvgIpc) is 2.46. The van der Waals surface area contributed by atoms with Gasteiger partial charge in [0.25, 0.3) is 0 Å². The molecular formula is C17H20BrN. The smallest absolute Gasteiger partial charge is 0.0386 e. The normalized spacial score (nSPS) is 14.1. The maximum absolute atomic E-state index is 3.60. The van der Waals surface area contributed by atoms with E-state index < -0.39 is 0 Å². The third-order valence-electron chi connectivity index (χ3n) is 3.48. The molecule has 2 aromatic rings. The molecule has 100 valence electrons. The Morgan fingerprint density at radius 1 is 0.947 bits per heavy atom. The van der Waals surface area contributed by atoms with Crippen molar-refractivity contribution in [1.82, 2.24) is 5.32 Å². The molecule has 0 heterocycles. The van der Waals surface area contributed by atoms with E-state index in [0.717, 1.165) is 11.0 Å². The minimum absolute atomic E-state index is 0.348. The van der Waals surface area contributed by atoms with E-state index in [2.05, 4.69) is 89.7 Å². The van der Waals surface area contributed by atoms with E-state index in [1.165, 1.54) is 11.1 Å². The Hall–Kier alpha value is -1.12. The largest absolute Gasteiger partial charge is 0.310 e. The Morgan fingerprint density at radius 3 is 2.16 bits per heavy atom. The molecule has 0 aliphatic carbocycles. The fourth-order valence-electron chi connectivity index (χ4n) is 2.42. The van der Waals surface area contributed by atoms with Crippen LogP contribution in [0, 0.1) is 0 Å². The van der Waals surface area contributed by atoms with Crippen LogP contribution in [0.1, 0.15) is 36.9 Å². The zero-order valence-electron chi connectivity index (χ0n) is 11.4. The van der Waals surface area contributed by atoms with E-state index in [-0.39, 0.29) is 0 Å². The topological polar surface area (TPSA) is 12.0 Å². The van der Waals surface area contributed by atoms with Gasteiger partial charge in [-0.15, -0.1) is 0 Å². The summed E-state index contributed by atoms with van der Waals surface area (Å²) in [5, 5.41) is 3.60. The van der Waals surface area contributed by atoms with Gasteiger partial charge in [-0.1, -0.05) is 72.2 Å². The molecule has 0 fully saturated rings. The van der Waals surface area contributed by atoms with E-state index in [4.69, 9.17) is 0 Å². The van der Waals surface area contributed by atoms with Crippen LogP contribution >= 0.6 is 15.9 Å². The first kappa shape index (κ1) is 14.3. The fourth-order valence-corrected chi connectivity index (χ4v) is 2.69. The Bertz CT molecular complexity index is 492. The third-order valence-corrected chi connectivity index (χ3v) is 4.01. The maximum atomic E-state index is 3.60. The number of likely N-dealkylation sites (N-methyl/N-ethyl adjacent to an activating group) is 1. The number of rotatable bonds is 5. The molecule has 0 amide bonds. The predicted molar refractivity (Wildman–Crippen MR) is 85.4 cm³/mol. The zero-order chi connectivity index (χ0) is 13.7. The average molecular weight is 318 g/mol. The van der Waals surface area contributed by atoms with Gasteiger partial charge in [0.2, 0.25) is 0 Å². The van der Waals surface area contributed by atoms with Crippen molar-refractivity contribution < 1.29 is 0 Å². The number of hydrogen-bond acceptors (Lipinski definition) is 1. The third kappa shape index (κ3) is 3.68. The van der Waals surface area contributed by atoms with Gasteiger partial charge in [0.15, 0.2) is 0 Å². The van der Waals surface area contributed by atoms with Gasteiger partial charge in [0.05, 0.1) is 0 Å². The second-order valence-electron chi connectivity index (χ2n) is 4.79. The molecule has 1 nitrogen and oxygen atoms in total. The van der Waals surface area contributed by atoms with Crippen molar-refractivity contribution in [3.05, 3.63) is 70.2 Å². The van der Waals surface area contributed by atoms with Crippen molar-refractivity contribution in [3.63, 3.8) is 0 Å². The maximum Gasteiger partial charge on any atom is 0.0386 e. The Balaban J connectivity index is 2.27. The number of halogens is 1. The summed E-state index contributed by atoms with van der Waals surface area (Å²) in [6.45, 7) is 5.41. The predicted octanol–water partition coefficient (Wildman–Crippen LogP) is 4.90. The van der Waals surface area contributed by atoms with Crippen LogP contribution in [0.5, 0.6) is 0 Å². The van der Waals surface area contributed by atoms with Crippen LogP contribution in [0.4, 0.5) is 0 Å². The lowest BCUT2D eigenvalue weighted by Crippen LogP contribution is -2.25. The van der Waals surface area contributed by atoms with E-state index >= 15 is 0 Å². The van der Waals surface area contributed by atoms with Gasteiger partial charge >= 0.3 is 0 Å². The summed E-state index contributed by atoms with van der Waals surface area (Å²) in [4.78, 5) is 0. The molecule has 2 unspecified atom stereocenters. The Labute approximate surface area is 124 Å². The van der Waals surface area contributed by atoms with Gasteiger partial charge in [-0.25, -0.2) is 0 Å². The molecule has 2 rings (SSSR count). The van der Waals surface area contributed by atoms with E-state index in [0.29, 0.717) is 12.0 Å². The number of hydrogen-bond donors (Lipinski definition) is 1. The molecule has 0 bridgehead atoms. The zero-order valence-corrected chi connectivity index (χ0v) is 13.0. The van der Waals surface area contributed by atoms with Crippen molar-refractivity contribution in [2.24, 2.45) is 0 Å². The quantitative estimate of drug-likeness (QED) is 0.826. The highest BCUT2D eigenvalue weighted by Crippen LogP contribution is 2.31. The van der Waals surface area contributed by atoms with Crippen LogP contribution in [0.25, 0.3) is 0 Å². The Kier molecular flexibility index (Phi) is 5.17. The first-order valence-corrected chi connectivity index (χ1v) is 7.55. The van der Waals surface area contributed by atoms with Crippen molar-refractivity contribution in [3.8, 4) is 0 Å². The summed E-state index contributed by atoms with van der Waals surface area (Å²) in [6.07, 6.45) is 0. The minimum atomic E-state index is 0.348. The van der Waals surface area contributed by atoms with Crippen LogP contribution in [-0.2, 0) is 0 Å². The van der Waals surface area contributed by atoms with Crippen molar-refractivity contribution in [2.45, 2.75) is 25.8 Å². The highest BCUT2D eigenvalue weighted by atomic mass is 79.9. The van der Waals surface area contributed by atoms with Crippen LogP contribution < -0.4 is 5.32 Å². The molecule has 19 heavy (non-hydrogen) atoms. The van der Waals surface area contributed by atoms with Gasteiger partial charge in [0.1, 0.15) is 0 Å². The molecule has 0 aliphatic heterocycles. The summed E-state index contributed by atoms with van der Waals surface area (Å²) in [5.74, 6) is 0.447. The number of nitrogens with one attached hydrogen (secondary N) is 1. The van der Waals surface area contributed by atoms with Gasteiger partial charge in [0, 0.05) is 16.4 Å². The molecular weight excluding hydrogens is 298 g/mol. The SMILES string of the molecule is CCNC(c1ccc(Br)cc1)C(C)c1ccccc1. The highest BCUT2D eigenvalue weighted by molar-refractivity contribution is 9.10. The first-order valence-electron chi connectivity index (χ1n) is 6.76. The summed E-state index contributed by atoms with van der Waals surface area (Å²) in [7, 11) is 0. The molecule has 0 aliphatic rings. The molecule has 2 atom stereocenters. The van der Waals surface area contributed by atoms with Crippen LogP contribution in [-0.4, -0.2) is 6.54 Å². The lowest BCUT2D eigenvalue weighted by atomic mass is 9.88. The molecule has 0 saturated heterocycles. The minimum Gasteiger partial charge on any atom is -0.310 e. The second-order valence-corrected chi connectivity index (χ2v) is 5.70. The fraction of sp³-hybridized carbons (Fsp3) is 0.294. The molecule has 0 saturated carbocycles. The first-order chi connectivity index (χ1) is 9.22. The lowest BCUT2D eigenvalue weighted by Gasteiger charge is -2.26. The summed E-state index contributed by atoms with van der Waals surface area (Å²) in [6, 6.07) is 19.6. The van der Waals surface area contributed by atoms with E-state index in [1.54, 1.807) is 0 Å². The van der Waals surface area contributed by atoms with Crippen molar-refractivity contribution in [1.29, 1.82) is 0 Å². The summed E-state index contributed by atoms with van der Waals surface area (Å²) in [5.41, 5.74) is 2.71. The highest BCUT2D eigenvalue weighted by Gasteiger charge is 2.19. The van der Waals surface area contributed by atoms with Gasteiger partial charge < -0.3 is 5.32 Å². The standard InChI is InChI=1S/C17H20BrN/c1-3-19-17(15-9-11-16(18)12-10-15)13(2)14-7-5-4-6-8-14/h4-13,17,19H,3H2,1-2H3. The lowest BCUT2D eigenvalue weighted by molar-refractivity contribution is 0.479. The Morgan fingerprint density at radius 2 is 1.58 bits per heavy atom. The monoisotopic (exact) mass is 317 g/mol. The van der Waals surface area contributed by atoms with Crippen LogP contribution in [0.2, 0.25) is 0 Å². The van der Waals surface area contributed by atoms with Gasteiger partial charge in [-0.3, -0.25) is 0 Å².